The van der Waals surface area contributed by atoms with Crippen LogP contribution in [0.15, 0.2) is 48.5 Å². The van der Waals surface area contributed by atoms with Crippen molar-refractivity contribution in [1.29, 1.82) is 0 Å². The minimum absolute atomic E-state index is 0.146. The van der Waals surface area contributed by atoms with Crippen LogP contribution < -0.4 is 9.64 Å². The van der Waals surface area contributed by atoms with Crippen molar-refractivity contribution in [2.45, 2.75) is 13.8 Å². The molecule has 25 heavy (non-hydrogen) atoms. The standard InChI is InChI=1S/C19H19N3O2S/c1-4-22(18(23)15-10-5-6-11-16(15)24-3)19-21-20-17(25-19)14-9-7-8-13(2)12-14/h5-12H,4H2,1-3H3. The summed E-state index contributed by atoms with van der Waals surface area (Å²) < 4.78 is 5.30. The molecule has 0 N–H and O–H groups in total. The van der Waals surface area contributed by atoms with E-state index in [0.717, 1.165) is 16.1 Å². The highest BCUT2D eigenvalue weighted by Gasteiger charge is 2.23. The Morgan fingerprint density at radius 3 is 2.68 bits per heavy atom. The van der Waals surface area contributed by atoms with Gasteiger partial charge < -0.3 is 4.74 Å². The van der Waals surface area contributed by atoms with E-state index in [1.165, 1.54) is 11.3 Å². The largest absolute Gasteiger partial charge is 0.496 e. The second-order valence-corrected chi connectivity index (χ2v) is 6.46. The number of methoxy groups -OCH3 is 1. The van der Waals surface area contributed by atoms with Crippen molar-refractivity contribution in [3.63, 3.8) is 0 Å². The van der Waals surface area contributed by atoms with Crippen molar-refractivity contribution in [2.24, 2.45) is 0 Å². The van der Waals surface area contributed by atoms with E-state index in [-0.39, 0.29) is 5.91 Å². The van der Waals surface area contributed by atoms with E-state index in [0.29, 0.717) is 23.0 Å². The number of carbonyl (C=O) groups is 1. The molecule has 0 bridgehead atoms. The van der Waals surface area contributed by atoms with Crippen LogP contribution in [-0.2, 0) is 0 Å². The Labute approximate surface area is 150 Å². The van der Waals surface area contributed by atoms with E-state index in [9.17, 15) is 4.79 Å². The summed E-state index contributed by atoms with van der Waals surface area (Å²) >= 11 is 1.41. The van der Waals surface area contributed by atoms with Crippen LogP contribution in [0.1, 0.15) is 22.8 Å². The van der Waals surface area contributed by atoms with Crippen LogP contribution in [0.25, 0.3) is 10.6 Å². The molecule has 0 aliphatic heterocycles. The smallest absolute Gasteiger partial charge is 0.263 e. The number of anilines is 1. The summed E-state index contributed by atoms with van der Waals surface area (Å²) in [5, 5.41) is 9.86. The number of nitrogens with zero attached hydrogens (tertiary/aromatic N) is 3. The van der Waals surface area contributed by atoms with Crippen molar-refractivity contribution in [1.82, 2.24) is 10.2 Å². The first-order chi connectivity index (χ1) is 12.1. The highest BCUT2D eigenvalue weighted by atomic mass is 32.1. The number of benzene rings is 2. The van der Waals surface area contributed by atoms with Crippen molar-refractivity contribution in [3.05, 3.63) is 59.7 Å². The van der Waals surface area contributed by atoms with Crippen LogP contribution in [0.3, 0.4) is 0 Å². The molecule has 0 aliphatic carbocycles. The monoisotopic (exact) mass is 353 g/mol. The lowest BCUT2D eigenvalue weighted by atomic mass is 10.1. The molecule has 0 saturated heterocycles. The van der Waals surface area contributed by atoms with E-state index in [1.807, 2.05) is 44.2 Å². The van der Waals surface area contributed by atoms with Crippen LogP contribution in [0.4, 0.5) is 5.13 Å². The Hall–Kier alpha value is -2.73. The molecule has 2 aromatic carbocycles. The summed E-state index contributed by atoms with van der Waals surface area (Å²) in [5.41, 5.74) is 2.68. The van der Waals surface area contributed by atoms with Crippen molar-refractivity contribution >= 4 is 22.4 Å². The average Bonchev–Trinajstić information content (AvgIpc) is 3.12. The number of ether oxygens (including phenoxy) is 1. The summed E-state index contributed by atoms with van der Waals surface area (Å²) in [4.78, 5) is 14.6. The second kappa shape index (κ2) is 7.44. The second-order valence-electron chi connectivity index (χ2n) is 5.51. The van der Waals surface area contributed by atoms with Crippen LogP contribution in [0.2, 0.25) is 0 Å². The molecule has 1 aromatic heterocycles. The fourth-order valence-electron chi connectivity index (χ4n) is 2.55. The Morgan fingerprint density at radius 2 is 1.96 bits per heavy atom. The molecule has 0 atom stereocenters. The third-order valence-corrected chi connectivity index (χ3v) is 4.80. The van der Waals surface area contributed by atoms with Gasteiger partial charge in [0.15, 0.2) is 0 Å². The number of carbonyl (C=O) groups excluding carboxylic acids is 1. The van der Waals surface area contributed by atoms with Gasteiger partial charge in [-0.15, -0.1) is 10.2 Å². The zero-order chi connectivity index (χ0) is 17.8. The highest BCUT2D eigenvalue weighted by molar-refractivity contribution is 7.18. The molecule has 0 unspecified atom stereocenters. The maximum atomic E-state index is 12.9. The molecule has 5 nitrogen and oxygen atoms in total. The van der Waals surface area contributed by atoms with Crippen LogP contribution in [-0.4, -0.2) is 29.8 Å². The van der Waals surface area contributed by atoms with Gasteiger partial charge in [-0.1, -0.05) is 47.2 Å². The highest BCUT2D eigenvalue weighted by Crippen LogP contribution is 2.30. The Morgan fingerprint density at radius 1 is 1.16 bits per heavy atom. The van der Waals surface area contributed by atoms with Gasteiger partial charge in [-0.05, 0) is 32.0 Å². The lowest BCUT2D eigenvalue weighted by molar-refractivity contribution is 0.0985. The Bertz CT molecular complexity index is 892. The lowest BCUT2D eigenvalue weighted by Crippen LogP contribution is -2.30. The molecule has 0 aliphatic rings. The van der Waals surface area contributed by atoms with Gasteiger partial charge in [-0.2, -0.15) is 0 Å². The maximum Gasteiger partial charge on any atom is 0.263 e. The van der Waals surface area contributed by atoms with Gasteiger partial charge in [0, 0.05) is 12.1 Å². The predicted octanol–water partition coefficient (Wildman–Crippen LogP) is 4.19. The Kier molecular flexibility index (Phi) is 5.09. The number of hydrogen-bond acceptors (Lipinski definition) is 5. The number of aryl methyl sites for hydroxylation is 1. The molecule has 3 aromatic rings. The minimum atomic E-state index is -0.146. The van der Waals surface area contributed by atoms with Gasteiger partial charge in [-0.25, -0.2) is 0 Å². The summed E-state index contributed by atoms with van der Waals surface area (Å²) in [6.45, 7) is 4.45. The summed E-state index contributed by atoms with van der Waals surface area (Å²) in [5.74, 6) is 0.404. The zero-order valence-corrected chi connectivity index (χ0v) is 15.2. The van der Waals surface area contributed by atoms with Gasteiger partial charge in [-0.3, -0.25) is 9.69 Å². The molecule has 0 fully saturated rings. The molecular formula is C19H19N3O2S. The quantitative estimate of drug-likeness (QED) is 0.690. The summed E-state index contributed by atoms with van der Waals surface area (Å²) in [6, 6.07) is 15.3. The molecule has 0 spiro atoms. The first-order valence-electron chi connectivity index (χ1n) is 7.99. The number of amides is 1. The van der Waals surface area contributed by atoms with Gasteiger partial charge in [0.1, 0.15) is 10.8 Å². The number of hydrogen-bond donors (Lipinski definition) is 0. The minimum Gasteiger partial charge on any atom is -0.496 e. The van der Waals surface area contributed by atoms with E-state index in [4.69, 9.17) is 4.74 Å². The average molecular weight is 353 g/mol. The molecule has 0 radical (unpaired) electrons. The molecular weight excluding hydrogens is 334 g/mol. The lowest BCUT2D eigenvalue weighted by Gasteiger charge is -2.18. The van der Waals surface area contributed by atoms with Gasteiger partial charge in [0.05, 0.1) is 12.7 Å². The van der Waals surface area contributed by atoms with Crippen molar-refractivity contribution < 1.29 is 9.53 Å². The number of para-hydroxylation sites is 1. The predicted molar refractivity (Wildman–Crippen MR) is 100 cm³/mol. The van der Waals surface area contributed by atoms with E-state index in [1.54, 1.807) is 24.1 Å². The van der Waals surface area contributed by atoms with Crippen molar-refractivity contribution in [3.8, 4) is 16.3 Å². The van der Waals surface area contributed by atoms with E-state index < -0.39 is 0 Å². The van der Waals surface area contributed by atoms with Crippen LogP contribution >= 0.6 is 11.3 Å². The summed E-state index contributed by atoms with van der Waals surface area (Å²) in [6.07, 6.45) is 0. The first-order valence-corrected chi connectivity index (χ1v) is 8.81. The fraction of sp³-hybridized carbons (Fsp3) is 0.211. The molecule has 0 saturated carbocycles. The number of rotatable bonds is 5. The molecule has 128 valence electrons. The maximum absolute atomic E-state index is 12.9. The summed E-state index contributed by atoms with van der Waals surface area (Å²) in [7, 11) is 1.56. The molecule has 3 rings (SSSR count). The third-order valence-electron chi connectivity index (χ3n) is 3.81. The topological polar surface area (TPSA) is 55.3 Å². The molecule has 1 amide bonds. The number of aromatic nitrogens is 2. The fourth-order valence-corrected chi connectivity index (χ4v) is 3.46. The van der Waals surface area contributed by atoms with Crippen LogP contribution in [0.5, 0.6) is 5.75 Å². The van der Waals surface area contributed by atoms with E-state index >= 15 is 0 Å². The van der Waals surface area contributed by atoms with Gasteiger partial charge >= 0.3 is 0 Å². The van der Waals surface area contributed by atoms with Gasteiger partial charge in [0.2, 0.25) is 5.13 Å². The van der Waals surface area contributed by atoms with Crippen molar-refractivity contribution in [2.75, 3.05) is 18.6 Å². The Balaban J connectivity index is 1.93. The first kappa shape index (κ1) is 17.1. The van der Waals surface area contributed by atoms with E-state index in [2.05, 4.69) is 16.3 Å². The SMILES string of the molecule is CCN(C(=O)c1ccccc1OC)c1nnc(-c2cccc(C)c2)s1. The zero-order valence-electron chi connectivity index (χ0n) is 14.4. The molecule has 1 heterocycles. The van der Waals surface area contributed by atoms with Gasteiger partial charge in [0.25, 0.3) is 5.91 Å². The molecule has 6 heteroatoms. The third kappa shape index (κ3) is 3.53. The normalized spacial score (nSPS) is 10.5. The van der Waals surface area contributed by atoms with Crippen LogP contribution in [0, 0.1) is 6.92 Å².